The molecule has 6 heteroatoms. The van der Waals surface area contributed by atoms with Gasteiger partial charge in [0.2, 0.25) is 0 Å². The highest BCUT2D eigenvalue weighted by Crippen LogP contribution is 2.27. The number of benzene rings is 1. The van der Waals surface area contributed by atoms with E-state index in [9.17, 15) is 0 Å². The van der Waals surface area contributed by atoms with Gasteiger partial charge in [-0.15, -0.1) is 0 Å². The fraction of sp³-hybridized carbons (Fsp3) is 0.632. The maximum Gasteiger partial charge on any atom is 0.191 e. The Balaban J connectivity index is 1.85. The molecule has 0 spiro atoms. The quantitative estimate of drug-likeness (QED) is 0.610. The van der Waals surface area contributed by atoms with Crippen LogP contribution in [0.4, 0.5) is 0 Å². The predicted octanol–water partition coefficient (Wildman–Crippen LogP) is 2.24. The minimum Gasteiger partial charge on any atom is -0.493 e. The zero-order valence-electron chi connectivity index (χ0n) is 16.1. The summed E-state index contributed by atoms with van der Waals surface area (Å²) in [6, 6.07) is 7.05. The third-order valence-electron chi connectivity index (χ3n) is 4.73. The molecule has 1 fully saturated rings. The Morgan fingerprint density at radius 2 is 1.88 bits per heavy atom. The molecule has 1 aliphatic rings. The summed E-state index contributed by atoms with van der Waals surface area (Å²) < 4.78 is 10.6. The molecule has 25 heavy (non-hydrogen) atoms. The van der Waals surface area contributed by atoms with Crippen molar-refractivity contribution >= 4 is 5.96 Å². The van der Waals surface area contributed by atoms with Crippen molar-refractivity contribution < 1.29 is 9.47 Å². The lowest BCUT2D eigenvalue weighted by Crippen LogP contribution is -2.49. The van der Waals surface area contributed by atoms with Crippen LogP contribution in [-0.4, -0.2) is 57.3 Å². The summed E-state index contributed by atoms with van der Waals surface area (Å²) in [5.41, 5.74) is 1.12. The Kier molecular flexibility index (Phi) is 7.37. The highest BCUT2D eigenvalue weighted by Gasteiger charge is 2.21. The second-order valence-corrected chi connectivity index (χ2v) is 6.66. The second kappa shape index (κ2) is 9.51. The van der Waals surface area contributed by atoms with Gasteiger partial charge in [0.1, 0.15) is 0 Å². The van der Waals surface area contributed by atoms with E-state index in [0.717, 1.165) is 49.0 Å². The van der Waals surface area contributed by atoms with E-state index in [1.807, 2.05) is 25.2 Å². The Morgan fingerprint density at radius 1 is 1.20 bits per heavy atom. The molecular weight excluding hydrogens is 316 g/mol. The summed E-state index contributed by atoms with van der Waals surface area (Å²) in [7, 11) is 5.11. The van der Waals surface area contributed by atoms with E-state index in [4.69, 9.17) is 9.47 Å². The summed E-state index contributed by atoms with van der Waals surface area (Å²) >= 11 is 0. The first kappa shape index (κ1) is 19.4. The van der Waals surface area contributed by atoms with Gasteiger partial charge in [-0.2, -0.15) is 0 Å². The average Bonchev–Trinajstić information content (AvgIpc) is 2.65. The average molecular weight is 348 g/mol. The summed E-state index contributed by atoms with van der Waals surface area (Å²) in [5, 5.41) is 6.93. The van der Waals surface area contributed by atoms with Crippen molar-refractivity contribution in [2.24, 2.45) is 4.99 Å². The molecule has 2 rings (SSSR count). The molecule has 140 valence electrons. The Labute approximate surface area is 151 Å². The SMILES string of the molecule is CN=C(NCc1ccc(OC)c(OC)c1)NC1CCN(C(C)C)CC1. The predicted molar refractivity (Wildman–Crippen MR) is 103 cm³/mol. The first-order valence-electron chi connectivity index (χ1n) is 8.99. The van der Waals surface area contributed by atoms with E-state index in [-0.39, 0.29) is 0 Å². The van der Waals surface area contributed by atoms with Gasteiger partial charge in [-0.25, -0.2) is 0 Å². The minimum atomic E-state index is 0.478. The largest absolute Gasteiger partial charge is 0.493 e. The third-order valence-corrected chi connectivity index (χ3v) is 4.73. The molecule has 0 aliphatic carbocycles. The van der Waals surface area contributed by atoms with Gasteiger partial charge in [0.15, 0.2) is 17.5 Å². The van der Waals surface area contributed by atoms with E-state index in [0.29, 0.717) is 18.6 Å². The standard InChI is InChI=1S/C19H32N4O2/c1-14(2)23-10-8-16(9-11-23)22-19(20-3)21-13-15-6-7-17(24-4)18(12-15)25-5/h6-7,12,14,16H,8-11,13H2,1-5H3,(H2,20,21,22). The first-order chi connectivity index (χ1) is 12.1. The molecule has 0 bridgehead atoms. The van der Waals surface area contributed by atoms with Crippen LogP contribution >= 0.6 is 0 Å². The van der Waals surface area contributed by atoms with Crippen LogP contribution in [-0.2, 0) is 6.54 Å². The number of likely N-dealkylation sites (tertiary alicyclic amines) is 1. The summed E-state index contributed by atoms with van der Waals surface area (Å²) in [4.78, 5) is 6.88. The smallest absolute Gasteiger partial charge is 0.191 e. The van der Waals surface area contributed by atoms with Crippen LogP contribution in [0.3, 0.4) is 0 Å². The lowest BCUT2D eigenvalue weighted by molar-refractivity contribution is 0.167. The van der Waals surface area contributed by atoms with Crippen molar-refractivity contribution in [3.8, 4) is 11.5 Å². The minimum absolute atomic E-state index is 0.478. The number of nitrogens with one attached hydrogen (secondary N) is 2. The number of hydrogen-bond donors (Lipinski definition) is 2. The molecular formula is C19H32N4O2. The van der Waals surface area contributed by atoms with Crippen LogP contribution in [0.15, 0.2) is 23.2 Å². The molecule has 2 N–H and O–H groups in total. The van der Waals surface area contributed by atoms with Crippen molar-refractivity contribution in [1.29, 1.82) is 0 Å². The highest BCUT2D eigenvalue weighted by atomic mass is 16.5. The van der Waals surface area contributed by atoms with Crippen molar-refractivity contribution in [2.75, 3.05) is 34.4 Å². The van der Waals surface area contributed by atoms with E-state index >= 15 is 0 Å². The number of aliphatic imine (C=N–C) groups is 1. The van der Waals surface area contributed by atoms with Gasteiger partial charge in [0.05, 0.1) is 14.2 Å². The maximum atomic E-state index is 5.36. The van der Waals surface area contributed by atoms with Crippen LogP contribution in [0.5, 0.6) is 11.5 Å². The molecule has 1 aliphatic heterocycles. The number of nitrogens with zero attached hydrogens (tertiary/aromatic N) is 2. The lowest BCUT2D eigenvalue weighted by Gasteiger charge is -2.35. The van der Waals surface area contributed by atoms with Crippen LogP contribution in [0.1, 0.15) is 32.3 Å². The molecule has 1 heterocycles. The molecule has 0 radical (unpaired) electrons. The lowest BCUT2D eigenvalue weighted by atomic mass is 10.0. The van der Waals surface area contributed by atoms with Crippen molar-refractivity contribution in [3.05, 3.63) is 23.8 Å². The molecule has 0 unspecified atom stereocenters. The number of methoxy groups -OCH3 is 2. The van der Waals surface area contributed by atoms with E-state index in [1.54, 1.807) is 14.2 Å². The van der Waals surface area contributed by atoms with E-state index in [2.05, 4.69) is 34.4 Å². The van der Waals surface area contributed by atoms with Gasteiger partial charge in [-0.3, -0.25) is 4.99 Å². The molecule has 1 aromatic rings. The second-order valence-electron chi connectivity index (χ2n) is 6.66. The maximum absolute atomic E-state index is 5.36. The molecule has 6 nitrogen and oxygen atoms in total. The zero-order chi connectivity index (χ0) is 18.2. The number of hydrogen-bond acceptors (Lipinski definition) is 4. The van der Waals surface area contributed by atoms with Crippen LogP contribution in [0.25, 0.3) is 0 Å². The summed E-state index contributed by atoms with van der Waals surface area (Å²) in [5.74, 6) is 2.33. The Morgan fingerprint density at radius 3 is 2.44 bits per heavy atom. The number of piperidine rings is 1. The number of ether oxygens (including phenoxy) is 2. The molecule has 1 aromatic carbocycles. The topological polar surface area (TPSA) is 58.1 Å². The molecule has 0 saturated carbocycles. The molecule has 1 saturated heterocycles. The molecule has 0 amide bonds. The highest BCUT2D eigenvalue weighted by molar-refractivity contribution is 5.80. The fourth-order valence-corrected chi connectivity index (χ4v) is 3.12. The van der Waals surface area contributed by atoms with E-state index < -0.39 is 0 Å². The summed E-state index contributed by atoms with van der Waals surface area (Å²) in [6.07, 6.45) is 2.30. The van der Waals surface area contributed by atoms with Gasteiger partial charge in [-0.05, 0) is 44.4 Å². The fourth-order valence-electron chi connectivity index (χ4n) is 3.12. The normalized spacial score (nSPS) is 16.8. The van der Waals surface area contributed by atoms with Crippen LogP contribution in [0, 0.1) is 0 Å². The number of rotatable bonds is 6. The van der Waals surface area contributed by atoms with Crippen LogP contribution < -0.4 is 20.1 Å². The van der Waals surface area contributed by atoms with Crippen molar-refractivity contribution in [2.45, 2.75) is 45.3 Å². The Hall–Kier alpha value is -1.95. The molecule has 0 aromatic heterocycles. The van der Waals surface area contributed by atoms with Gasteiger partial charge >= 0.3 is 0 Å². The van der Waals surface area contributed by atoms with E-state index in [1.165, 1.54) is 0 Å². The monoisotopic (exact) mass is 348 g/mol. The first-order valence-corrected chi connectivity index (χ1v) is 8.99. The van der Waals surface area contributed by atoms with Gasteiger partial charge in [0.25, 0.3) is 0 Å². The van der Waals surface area contributed by atoms with Crippen molar-refractivity contribution in [3.63, 3.8) is 0 Å². The Bertz CT molecular complexity index is 567. The summed E-state index contributed by atoms with van der Waals surface area (Å²) in [6.45, 7) is 7.49. The third kappa shape index (κ3) is 5.53. The van der Waals surface area contributed by atoms with Gasteiger partial charge in [-0.1, -0.05) is 6.07 Å². The molecule has 0 atom stereocenters. The van der Waals surface area contributed by atoms with Crippen LogP contribution in [0.2, 0.25) is 0 Å². The number of guanidine groups is 1. The van der Waals surface area contributed by atoms with Crippen molar-refractivity contribution in [1.82, 2.24) is 15.5 Å². The van der Waals surface area contributed by atoms with Gasteiger partial charge in [0, 0.05) is 38.8 Å². The zero-order valence-corrected chi connectivity index (χ0v) is 16.1. The van der Waals surface area contributed by atoms with Gasteiger partial charge < -0.3 is 25.0 Å².